The Bertz CT molecular complexity index is 569. The van der Waals surface area contributed by atoms with Gasteiger partial charge in [-0.05, 0) is 29.8 Å². The van der Waals surface area contributed by atoms with Crippen LogP contribution in [0, 0.1) is 11.3 Å². The van der Waals surface area contributed by atoms with E-state index in [2.05, 4.69) is 6.07 Å². The highest BCUT2D eigenvalue weighted by Gasteiger charge is 2.10. The summed E-state index contributed by atoms with van der Waals surface area (Å²) < 4.78 is 6.84. The molecule has 2 aromatic rings. The Hall–Kier alpha value is -2.25. The largest absolute Gasteiger partial charge is 0.497 e. The summed E-state index contributed by atoms with van der Waals surface area (Å²) in [6, 6.07) is 12.9. The topological polar surface area (TPSA) is 58.2 Å². The van der Waals surface area contributed by atoms with Crippen LogP contribution in [0.25, 0.3) is 0 Å². The van der Waals surface area contributed by atoms with E-state index in [4.69, 9.17) is 10.00 Å². The van der Waals surface area contributed by atoms with Crippen molar-refractivity contribution in [2.24, 2.45) is 0 Å². The Kier molecular flexibility index (Phi) is 3.66. The molecular weight excluding hydrogens is 228 g/mol. The van der Waals surface area contributed by atoms with Gasteiger partial charge in [0.1, 0.15) is 17.5 Å². The van der Waals surface area contributed by atoms with Gasteiger partial charge in [0.25, 0.3) is 0 Å². The molecule has 4 nitrogen and oxygen atoms in total. The molecule has 1 heterocycles. The molecule has 0 aliphatic heterocycles. The Morgan fingerprint density at radius 3 is 2.94 bits per heavy atom. The minimum Gasteiger partial charge on any atom is -0.497 e. The van der Waals surface area contributed by atoms with Crippen LogP contribution in [0.5, 0.6) is 5.75 Å². The van der Waals surface area contributed by atoms with Gasteiger partial charge >= 0.3 is 0 Å². The summed E-state index contributed by atoms with van der Waals surface area (Å²) in [6.07, 6.45) is 1.11. The first kappa shape index (κ1) is 12.2. The van der Waals surface area contributed by atoms with E-state index in [0.29, 0.717) is 18.0 Å². The van der Waals surface area contributed by atoms with Crippen molar-refractivity contribution in [3.05, 3.63) is 53.9 Å². The van der Waals surface area contributed by atoms with E-state index in [9.17, 15) is 5.11 Å². The molecule has 0 fully saturated rings. The predicted octanol–water partition coefficient (Wildman–Crippen LogP) is 2.10. The highest BCUT2D eigenvalue weighted by molar-refractivity contribution is 5.30. The average molecular weight is 242 g/mol. The normalized spacial score (nSPS) is 11.8. The molecule has 4 heteroatoms. The molecule has 1 aromatic carbocycles. The summed E-state index contributed by atoms with van der Waals surface area (Å²) in [5.74, 6) is 0.708. The number of hydrogen-bond acceptors (Lipinski definition) is 3. The fourth-order valence-corrected chi connectivity index (χ4v) is 1.82. The zero-order valence-corrected chi connectivity index (χ0v) is 10.1. The SMILES string of the molecule is COc1cccc(C(O)Cn2cccc2C#N)c1. The van der Waals surface area contributed by atoms with Gasteiger partial charge in [0.2, 0.25) is 0 Å². The van der Waals surface area contributed by atoms with Gasteiger partial charge in [-0.2, -0.15) is 5.26 Å². The molecule has 1 N–H and O–H groups in total. The maximum Gasteiger partial charge on any atom is 0.120 e. The van der Waals surface area contributed by atoms with Crippen LogP contribution in [0.15, 0.2) is 42.6 Å². The van der Waals surface area contributed by atoms with Crippen LogP contribution >= 0.6 is 0 Å². The fourth-order valence-electron chi connectivity index (χ4n) is 1.82. The van der Waals surface area contributed by atoms with E-state index in [1.165, 1.54) is 0 Å². The number of hydrogen-bond donors (Lipinski definition) is 1. The lowest BCUT2D eigenvalue weighted by molar-refractivity contribution is 0.156. The summed E-state index contributed by atoms with van der Waals surface area (Å²) in [7, 11) is 1.59. The molecule has 2 rings (SSSR count). The van der Waals surface area contributed by atoms with Gasteiger partial charge in [0.05, 0.1) is 19.8 Å². The van der Waals surface area contributed by atoms with E-state index in [1.54, 1.807) is 36.1 Å². The number of aliphatic hydroxyl groups excluding tert-OH is 1. The quantitative estimate of drug-likeness (QED) is 0.893. The van der Waals surface area contributed by atoms with Crippen LogP contribution < -0.4 is 4.74 Å². The van der Waals surface area contributed by atoms with E-state index >= 15 is 0 Å². The van der Waals surface area contributed by atoms with Crippen molar-refractivity contribution in [3.63, 3.8) is 0 Å². The number of ether oxygens (including phenoxy) is 1. The van der Waals surface area contributed by atoms with Gasteiger partial charge in [-0.1, -0.05) is 12.1 Å². The summed E-state index contributed by atoms with van der Waals surface area (Å²) in [5, 5.41) is 19.0. The molecule has 0 aliphatic carbocycles. The standard InChI is InChI=1S/C14H14N2O2/c1-18-13-6-2-4-11(8-13)14(17)10-16-7-3-5-12(16)9-15/h2-8,14,17H,10H2,1H3. The van der Waals surface area contributed by atoms with Crippen molar-refractivity contribution >= 4 is 0 Å². The van der Waals surface area contributed by atoms with Crippen LogP contribution in [0.3, 0.4) is 0 Å². The molecule has 0 saturated heterocycles. The molecule has 0 saturated carbocycles. The Morgan fingerprint density at radius 2 is 2.22 bits per heavy atom. The molecule has 18 heavy (non-hydrogen) atoms. The van der Waals surface area contributed by atoms with Crippen molar-refractivity contribution < 1.29 is 9.84 Å². The minimum absolute atomic E-state index is 0.350. The lowest BCUT2D eigenvalue weighted by atomic mass is 10.1. The van der Waals surface area contributed by atoms with E-state index in [1.807, 2.05) is 18.2 Å². The number of rotatable bonds is 4. The number of aromatic nitrogens is 1. The Morgan fingerprint density at radius 1 is 1.39 bits per heavy atom. The Balaban J connectivity index is 2.17. The first-order chi connectivity index (χ1) is 8.74. The number of methoxy groups -OCH3 is 1. The lowest BCUT2D eigenvalue weighted by Crippen LogP contribution is -2.09. The number of nitrogens with zero attached hydrogens (tertiary/aromatic N) is 2. The third kappa shape index (κ3) is 2.53. The smallest absolute Gasteiger partial charge is 0.120 e. The highest BCUT2D eigenvalue weighted by atomic mass is 16.5. The number of nitriles is 1. The highest BCUT2D eigenvalue weighted by Crippen LogP contribution is 2.21. The molecule has 1 unspecified atom stereocenters. The molecule has 0 bridgehead atoms. The van der Waals surface area contributed by atoms with Gasteiger partial charge in [0.15, 0.2) is 0 Å². The average Bonchev–Trinajstić information content (AvgIpc) is 2.86. The second-order valence-corrected chi connectivity index (χ2v) is 3.95. The second kappa shape index (κ2) is 5.39. The van der Waals surface area contributed by atoms with Crippen LogP contribution in [0.2, 0.25) is 0 Å². The zero-order valence-electron chi connectivity index (χ0n) is 10.1. The molecule has 92 valence electrons. The van der Waals surface area contributed by atoms with Gasteiger partial charge in [-0.25, -0.2) is 0 Å². The van der Waals surface area contributed by atoms with Crippen molar-refractivity contribution in [3.8, 4) is 11.8 Å². The number of aliphatic hydroxyl groups is 1. The molecule has 0 radical (unpaired) electrons. The Labute approximate surface area is 106 Å². The van der Waals surface area contributed by atoms with Crippen LogP contribution in [0.1, 0.15) is 17.4 Å². The third-order valence-corrected chi connectivity index (χ3v) is 2.79. The van der Waals surface area contributed by atoms with E-state index in [0.717, 1.165) is 5.56 Å². The number of benzene rings is 1. The van der Waals surface area contributed by atoms with Crippen molar-refractivity contribution in [1.82, 2.24) is 4.57 Å². The molecule has 0 amide bonds. The summed E-state index contributed by atoms with van der Waals surface area (Å²) in [4.78, 5) is 0. The van der Waals surface area contributed by atoms with E-state index in [-0.39, 0.29) is 0 Å². The van der Waals surface area contributed by atoms with Gasteiger partial charge < -0.3 is 14.4 Å². The van der Waals surface area contributed by atoms with Gasteiger partial charge in [-0.3, -0.25) is 0 Å². The summed E-state index contributed by atoms with van der Waals surface area (Å²) in [6.45, 7) is 0.350. The second-order valence-electron chi connectivity index (χ2n) is 3.95. The van der Waals surface area contributed by atoms with Crippen molar-refractivity contribution in [2.75, 3.05) is 7.11 Å². The fraction of sp³-hybridized carbons (Fsp3) is 0.214. The first-order valence-electron chi connectivity index (χ1n) is 5.62. The molecular formula is C14H14N2O2. The zero-order chi connectivity index (χ0) is 13.0. The maximum atomic E-state index is 10.1. The maximum absolute atomic E-state index is 10.1. The monoisotopic (exact) mass is 242 g/mol. The predicted molar refractivity (Wildman–Crippen MR) is 67.1 cm³/mol. The van der Waals surface area contributed by atoms with Gasteiger partial charge in [-0.15, -0.1) is 0 Å². The molecule has 1 atom stereocenters. The minimum atomic E-state index is -0.667. The van der Waals surface area contributed by atoms with Crippen LogP contribution in [-0.2, 0) is 6.54 Å². The summed E-state index contributed by atoms with van der Waals surface area (Å²) >= 11 is 0. The van der Waals surface area contributed by atoms with Crippen LogP contribution in [0.4, 0.5) is 0 Å². The van der Waals surface area contributed by atoms with Crippen molar-refractivity contribution in [1.29, 1.82) is 5.26 Å². The summed E-state index contributed by atoms with van der Waals surface area (Å²) in [5.41, 5.74) is 1.31. The third-order valence-electron chi connectivity index (χ3n) is 2.79. The molecule has 1 aromatic heterocycles. The van der Waals surface area contributed by atoms with E-state index < -0.39 is 6.10 Å². The lowest BCUT2D eigenvalue weighted by Gasteiger charge is -2.13. The van der Waals surface area contributed by atoms with Crippen molar-refractivity contribution in [2.45, 2.75) is 12.6 Å². The molecule has 0 spiro atoms. The first-order valence-corrected chi connectivity index (χ1v) is 5.62. The van der Waals surface area contributed by atoms with Crippen LogP contribution in [-0.4, -0.2) is 16.8 Å². The molecule has 0 aliphatic rings. The van der Waals surface area contributed by atoms with Gasteiger partial charge in [0, 0.05) is 6.20 Å².